The van der Waals surface area contributed by atoms with Crippen LogP contribution in [-0.4, -0.2) is 54.9 Å². The van der Waals surface area contributed by atoms with Crippen molar-refractivity contribution in [1.82, 2.24) is 9.80 Å². The van der Waals surface area contributed by atoms with Crippen LogP contribution in [0.4, 0.5) is 0 Å². The Hall–Kier alpha value is 0.400. The molecular weight excluding hydrogens is 300 g/mol. The SMILES string of the molecule is CCC(Br)CCCC(CCC(CC)N(C)C)N(C)C. The molecule has 0 bridgehead atoms. The summed E-state index contributed by atoms with van der Waals surface area (Å²) in [5.74, 6) is 0. The van der Waals surface area contributed by atoms with Gasteiger partial charge in [-0.3, -0.25) is 0 Å². The van der Waals surface area contributed by atoms with Gasteiger partial charge in [-0.05, 0) is 66.7 Å². The van der Waals surface area contributed by atoms with E-state index in [1.54, 1.807) is 0 Å². The summed E-state index contributed by atoms with van der Waals surface area (Å²) in [4.78, 5) is 5.50. The lowest BCUT2D eigenvalue weighted by Crippen LogP contribution is -2.32. The second-order valence-electron chi connectivity index (χ2n) is 6.16. The standard InChI is InChI=1S/C16H35BrN2/c1-7-14(17)10-9-11-16(19(5)6)13-12-15(8-2)18(3)4/h14-16H,7-13H2,1-6H3. The molecule has 19 heavy (non-hydrogen) atoms. The third kappa shape index (κ3) is 9.04. The summed E-state index contributed by atoms with van der Waals surface area (Å²) < 4.78 is 0. The Morgan fingerprint density at radius 3 is 1.68 bits per heavy atom. The number of halogens is 1. The molecule has 0 aliphatic rings. The molecule has 0 saturated carbocycles. The molecule has 3 unspecified atom stereocenters. The molecule has 0 aliphatic carbocycles. The molecule has 0 fully saturated rings. The summed E-state index contributed by atoms with van der Waals surface area (Å²) >= 11 is 3.74. The van der Waals surface area contributed by atoms with E-state index < -0.39 is 0 Å². The van der Waals surface area contributed by atoms with Crippen LogP contribution in [0.25, 0.3) is 0 Å². The van der Waals surface area contributed by atoms with Crippen molar-refractivity contribution in [3.8, 4) is 0 Å². The van der Waals surface area contributed by atoms with Crippen molar-refractivity contribution < 1.29 is 0 Å². The number of rotatable bonds is 11. The number of nitrogens with zero attached hydrogens (tertiary/aromatic N) is 2. The fraction of sp³-hybridized carbons (Fsp3) is 1.00. The molecule has 0 radical (unpaired) electrons. The molecule has 0 aliphatic heterocycles. The van der Waals surface area contributed by atoms with E-state index in [0.717, 1.165) is 12.1 Å². The second-order valence-corrected chi connectivity index (χ2v) is 7.45. The molecule has 2 nitrogen and oxygen atoms in total. The van der Waals surface area contributed by atoms with E-state index in [1.165, 1.54) is 44.9 Å². The van der Waals surface area contributed by atoms with E-state index >= 15 is 0 Å². The highest BCUT2D eigenvalue weighted by Gasteiger charge is 2.16. The molecule has 3 heteroatoms. The maximum Gasteiger partial charge on any atom is 0.0143 e. The minimum Gasteiger partial charge on any atom is -0.306 e. The molecule has 0 aromatic heterocycles. The lowest BCUT2D eigenvalue weighted by Gasteiger charge is -2.29. The van der Waals surface area contributed by atoms with Crippen LogP contribution < -0.4 is 0 Å². The van der Waals surface area contributed by atoms with Crippen LogP contribution in [0.1, 0.15) is 58.8 Å². The molecule has 0 spiro atoms. The molecule has 0 heterocycles. The number of alkyl halides is 1. The van der Waals surface area contributed by atoms with Crippen molar-refractivity contribution >= 4 is 15.9 Å². The van der Waals surface area contributed by atoms with Gasteiger partial charge in [0, 0.05) is 16.9 Å². The average Bonchev–Trinajstić information content (AvgIpc) is 2.36. The summed E-state index contributed by atoms with van der Waals surface area (Å²) in [6.45, 7) is 4.55. The Balaban J connectivity index is 4.05. The van der Waals surface area contributed by atoms with Gasteiger partial charge in [-0.1, -0.05) is 36.2 Å². The lowest BCUT2D eigenvalue weighted by molar-refractivity contribution is 0.211. The van der Waals surface area contributed by atoms with E-state index in [0.29, 0.717) is 4.83 Å². The number of hydrogen-bond acceptors (Lipinski definition) is 2. The zero-order valence-corrected chi connectivity index (χ0v) is 15.5. The zero-order chi connectivity index (χ0) is 14.8. The fourth-order valence-corrected chi connectivity index (χ4v) is 2.98. The maximum atomic E-state index is 3.74. The molecule has 0 N–H and O–H groups in total. The van der Waals surface area contributed by atoms with Crippen LogP contribution in [-0.2, 0) is 0 Å². The summed E-state index contributed by atoms with van der Waals surface area (Å²) in [7, 11) is 8.87. The van der Waals surface area contributed by atoms with Crippen LogP contribution in [0.3, 0.4) is 0 Å². The van der Waals surface area contributed by atoms with Crippen LogP contribution in [0.2, 0.25) is 0 Å². The zero-order valence-electron chi connectivity index (χ0n) is 14.0. The van der Waals surface area contributed by atoms with Gasteiger partial charge >= 0.3 is 0 Å². The van der Waals surface area contributed by atoms with Gasteiger partial charge in [0.15, 0.2) is 0 Å². The summed E-state index contributed by atoms with van der Waals surface area (Å²) in [5, 5.41) is 0. The van der Waals surface area contributed by atoms with Gasteiger partial charge in [0.2, 0.25) is 0 Å². The van der Waals surface area contributed by atoms with Crippen LogP contribution in [0.15, 0.2) is 0 Å². The third-order valence-corrected chi connectivity index (χ3v) is 5.37. The van der Waals surface area contributed by atoms with Gasteiger partial charge < -0.3 is 9.80 Å². The summed E-state index contributed by atoms with van der Waals surface area (Å²) in [6.07, 6.45) is 9.12. The predicted molar refractivity (Wildman–Crippen MR) is 91.3 cm³/mol. The molecule has 116 valence electrons. The van der Waals surface area contributed by atoms with Gasteiger partial charge in [0.05, 0.1) is 0 Å². The van der Waals surface area contributed by atoms with Crippen molar-refractivity contribution in [2.24, 2.45) is 0 Å². The average molecular weight is 335 g/mol. The first kappa shape index (κ1) is 19.4. The van der Waals surface area contributed by atoms with E-state index in [9.17, 15) is 0 Å². The minimum atomic E-state index is 0.709. The molecule has 0 amide bonds. The predicted octanol–water partition coefficient (Wildman–Crippen LogP) is 4.38. The van der Waals surface area contributed by atoms with Gasteiger partial charge in [-0.2, -0.15) is 0 Å². The molecule has 0 rings (SSSR count). The first-order chi connectivity index (χ1) is 8.92. The van der Waals surface area contributed by atoms with Crippen molar-refractivity contribution in [1.29, 1.82) is 0 Å². The van der Waals surface area contributed by atoms with E-state index in [-0.39, 0.29) is 0 Å². The van der Waals surface area contributed by atoms with Gasteiger partial charge in [0.1, 0.15) is 0 Å². The van der Waals surface area contributed by atoms with E-state index in [4.69, 9.17) is 0 Å². The monoisotopic (exact) mass is 334 g/mol. The Morgan fingerprint density at radius 2 is 1.26 bits per heavy atom. The Labute approximate surface area is 130 Å². The maximum absolute atomic E-state index is 3.74. The topological polar surface area (TPSA) is 6.48 Å². The van der Waals surface area contributed by atoms with Crippen molar-refractivity contribution in [3.63, 3.8) is 0 Å². The fourth-order valence-electron chi connectivity index (χ4n) is 2.65. The van der Waals surface area contributed by atoms with Crippen LogP contribution >= 0.6 is 15.9 Å². The highest BCUT2D eigenvalue weighted by atomic mass is 79.9. The van der Waals surface area contributed by atoms with Crippen molar-refractivity contribution in [2.45, 2.75) is 75.7 Å². The highest BCUT2D eigenvalue weighted by molar-refractivity contribution is 9.09. The molecule has 0 saturated heterocycles. The Kier molecular flexibility index (Phi) is 11.3. The first-order valence-corrected chi connectivity index (χ1v) is 8.80. The smallest absolute Gasteiger partial charge is 0.0143 e. The molecule has 0 aromatic rings. The van der Waals surface area contributed by atoms with Gasteiger partial charge in [-0.15, -0.1) is 0 Å². The minimum absolute atomic E-state index is 0.709. The summed E-state index contributed by atoms with van der Waals surface area (Å²) in [5.41, 5.74) is 0. The molecule has 3 atom stereocenters. The highest BCUT2D eigenvalue weighted by Crippen LogP contribution is 2.19. The van der Waals surface area contributed by atoms with Crippen LogP contribution in [0, 0.1) is 0 Å². The van der Waals surface area contributed by atoms with Gasteiger partial charge in [-0.25, -0.2) is 0 Å². The first-order valence-electron chi connectivity index (χ1n) is 7.89. The Morgan fingerprint density at radius 1 is 0.737 bits per heavy atom. The normalized spacial score (nSPS) is 16.9. The van der Waals surface area contributed by atoms with Gasteiger partial charge in [0.25, 0.3) is 0 Å². The Bertz CT molecular complexity index is 207. The largest absolute Gasteiger partial charge is 0.306 e. The molecular formula is C16H35BrN2. The molecule has 0 aromatic carbocycles. The van der Waals surface area contributed by atoms with Crippen molar-refractivity contribution in [3.05, 3.63) is 0 Å². The quantitative estimate of drug-likeness (QED) is 0.517. The lowest BCUT2D eigenvalue weighted by atomic mass is 9.98. The van der Waals surface area contributed by atoms with E-state index in [2.05, 4.69) is 67.8 Å². The number of hydrogen-bond donors (Lipinski definition) is 0. The van der Waals surface area contributed by atoms with E-state index in [1.807, 2.05) is 0 Å². The third-order valence-electron chi connectivity index (χ3n) is 4.26. The van der Waals surface area contributed by atoms with Crippen molar-refractivity contribution in [2.75, 3.05) is 28.2 Å². The van der Waals surface area contributed by atoms with Crippen LogP contribution in [0.5, 0.6) is 0 Å². The second kappa shape index (κ2) is 11.1. The summed E-state index contributed by atoms with van der Waals surface area (Å²) in [6, 6.07) is 1.48.